The second kappa shape index (κ2) is 9.23. The zero-order chi connectivity index (χ0) is 20.9. The molecule has 1 amide bonds. The minimum atomic E-state index is -0.617. The molecule has 6 heteroatoms. The molecular formula is C23H26N2O3S. The van der Waals surface area contributed by atoms with Crippen LogP contribution in [0.5, 0.6) is 0 Å². The first-order valence-electron chi connectivity index (χ1n) is 10.1. The van der Waals surface area contributed by atoms with Crippen LogP contribution in [0.3, 0.4) is 0 Å². The van der Waals surface area contributed by atoms with E-state index in [4.69, 9.17) is 4.74 Å². The summed E-state index contributed by atoms with van der Waals surface area (Å²) in [5.41, 5.74) is 1.76. The Balaban J connectivity index is 1.98. The Morgan fingerprint density at radius 1 is 1.28 bits per heavy atom. The lowest BCUT2D eigenvalue weighted by Gasteiger charge is -2.31. The summed E-state index contributed by atoms with van der Waals surface area (Å²) in [6, 6.07) is 12.3. The second-order valence-corrected chi connectivity index (χ2v) is 8.42. The van der Waals surface area contributed by atoms with Crippen molar-refractivity contribution in [2.75, 3.05) is 11.9 Å². The van der Waals surface area contributed by atoms with Crippen molar-refractivity contribution >= 4 is 28.2 Å². The number of benzene rings is 1. The molecule has 0 aliphatic heterocycles. The van der Waals surface area contributed by atoms with Crippen LogP contribution in [0.25, 0.3) is 0 Å². The van der Waals surface area contributed by atoms with E-state index < -0.39 is 11.4 Å². The maximum Gasteiger partial charge on any atom is 0.341 e. The third kappa shape index (κ3) is 4.35. The van der Waals surface area contributed by atoms with Crippen LogP contribution in [0.1, 0.15) is 65.9 Å². The summed E-state index contributed by atoms with van der Waals surface area (Å²) in [5, 5.41) is 13.5. The molecule has 1 aliphatic rings. The maximum absolute atomic E-state index is 12.7. The predicted octanol–water partition coefficient (Wildman–Crippen LogP) is 5.00. The van der Waals surface area contributed by atoms with Crippen molar-refractivity contribution in [1.29, 1.82) is 5.26 Å². The van der Waals surface area contributed by atoms with E-state index in [0.717, 1.165) is 28.8 Å². The van der Waals surface area contributed by atoms with Crippen molar-refractivity contribution in [2.45, 2.75) is 57.8 Å². The zero-order valence-electron chi connectivity index (χ0n) is 16.9. The lowest BCUT2D eigenvalue weighted by atomic mass is 9.70. The van der Waals surface area contributed by atoms with Gasteiger partial charge in [0.25, 0.3) is 0 Å². The monoisotopic (exact) mass is 410 g/mol. The number of rotatable bonds is 7. The van der Waals surface area contributed by atoms with Crippen LogP contribution in [-0.4, -0.2) is 18.5 Å². The number of anilines is 1. The number of ether oxygens (including phenoxy) is 1. The highest BCUT2D eigenvalue weighted by molar-refractivity contribution is 7.17. The summed E-state index contributed by atoms with van der Waals surface area (Å²) in [5.74, 6) is -0.495. The van der Waals surface area contributed by atoms with Gasteiger partial charge in [-0.3, -0.25) is 4.79 Å². The average Bonchev–Trinajstić information content (AvgIpc) is 3.09. The molecule has 0 fully saturated rings. The smallest absolute Gasteiger partial charge is 0.341 e. The van der Waals surface area contributed by atoms with E-state index in [1.807, 2.05) is 37.3 Å². The number of esters is 1. The third-order valence-electron chi connectivity index (χ3n) is 5.39. The van der Waals surface area contributed by atoms with Gasteiger partial charge in [-0.15, -0.1) is 11.3 Å². The lowest BCUT2D eigenvalue weighted by Crippen LogP contribution is -2.31. The summed E-state index contributed by atoms with van der Waals surface area (Å²) in [7, 11) is 0. The summed E-state index contributed by atoms with van der Waals surface area (Å²) < 4.78 is 5.27. The van der Waals surface area contributed by atoms with Gasteiger partial charge in [-0.05, 0) is 37.3 Å². The van der Waals surface area contributed by atoms with Crippen LogP contribution in [0, 0.1) is 11.3 Å². The highest BCUT2D eigenvalue weighted by Crippen LogP contribution is 2.45. The van der Waals surface area contributed by atoms with Crippen LogP contribution in [0.15, 0.2) is 30.3 Å². The zero-order valence-corrected chi connectivity index (χ0v) is 17.7. The van der Waals surface area contributed by atoms with Crippen molar-refractivity contribution in [2.24, 2.45) is 0 Å². The molecule has 0 radical (unpaired) electrons. The van der Waals surface area contributed by atoms with Crippen molar-refractivity contribution in [1.82, 2.24) is 0 Å². The number of nitriles is 1. The number of unbranched alkanes of at least 4 members (excludes halogenated alkanes) is 1. The van der Waals surface area contributed by atoms with Crippen molar-refractivity contribution in [3.8, 4) is 6.07 Å². The topological polar surface area (TPSA) is 79.2 Å². The standard InChI is InChI=1S/C23H26N2O3S/c1-3-5-11-19(26)25-21-20(22(27)28-4-2)17-12-13-23(15-24,14-18(17)29-21)16-9-7-6-8-10-16/h6-10H,3-5,11-14H2,1-2H3,(H,25,26). The van der Waals surface area contributed by atoms with E-state index in [1.165, 1.54) is 11.3 Å². The summed E-state index contributed by atoms with van der Waals surface area (Å²) in [6.07, 6.45) is 3.93. The molecule has 0 saturated heterocycles. The van der Waals surface area contributed by atoms with Gasteiger partial charge in [-0.25, -0.2) is 4.79 Å². The van der Waals surface area contributed by atoms with E-state index in [1.54, 1.807) is 6.92 Å². The number of thiophene rings is 1. The largest absolute Gasteiger partial charge is 0.462 e. The molecule has 2 aromatic rings. The fourth-order valence-corrected chi connectivity index (χ4v) is 5.18. The van der Waals surface area contributed by atoms with E-state index in [-0.39, 0.29) is 12.5 Å². The molecule has 5 nitrogen and oxygen atoms in total. The molecular weight excluding hydrogens is 384 g/mol. The molecule has 1 aromatic heterocycles. The van der Waals surface area contributed by atoms with Gasteiger partial charge in [0.15, 0.2) is 0 Å². The minimum absolute atomic E-state index is 0.0920. The molecule has 1 aliphatic carbocycles. The predicted molar refractivity (Wildman–Crippen MR) is 114 cm³/mol. The van der Waals surface area contributed by atoms with E-state index in [0.29, 0.717) is 36.2 Å². The highest BCUT2D eigenvalue weighted by Gasteiger charge is 2.40. The molecule has 3 rings (SSSR count). The number of carbonyl (C=O) groups excluding carboxylic acids is 2. The van der Waals surface area contributed by atoms with Crippen LogP contribution in [0.2, 0.25) is 0 Å². The number of hydrogen-bond donors (Lipinski definition) is 1. The molecule has 1 N–H and O–H groups in total. The second-order valence-electron chi connectivity index (χ2n) is 7.32. The molecule has 152 valence electrons. The number of nitrogens with one attached hydrogen (secondary N) is 1. The molecule has 0 saturated carbocycles. The molecule has 0 bridgehead atoms. The minimum Gasteiger partial charge on any atom is -0.462 e. The Kier molecular flexibility index (Phi) is 6.71. The van der Waals surface area contributed by atoms with Gasteiger partial charge in [0.1, 0.15) is 5.00 Å². The number of carbonyl (C=O) groups is 2. The number of nitrogens with zero attached hydrogens (tertiary/aromatic N) is 1. The van der Waals surface area contributed by atoms with Gasteiger partial charge in [0.2, 0.25) is 5.91 Å². The summed E-state index contributed by atoms with van der Waals surface area (Å²) in [4.78, 5) is 26.0. The van der Waals surface area contributed by atoms with E-state index >= 15 is 0 Å². The highest BCUT2D eigenvalue weighted by atomic mass is 32.1. The normalized spacial score (nSPS) is 17.8. The third-order valence-corrected chi connectivity index (χ3v) is 6.53. The first-order chi connectivity index (χ1) is 14.0. The van der Waals surface area contributed by atoms with Gasteiger partial charge in [-0.1, -0.05) is 43.7 Å². The fraction of sp³-hybridized carbons (Fsp3) is 0.435. The van der Waals surface area contributed by atoms with E-state index in [9.17, 15) is 14.9 Å². The molecule has 1 unspecified atom stereocenters. The Morgan fingerprint density at radius 3 is 2.69 bits per heavy atom. The Labute approximate surface area is 175 Å². The van der Waals surface area contributed by atoms with E-state index in [2.05, 4.69) is 11.4 Å². The molecule has 1 aromatic carbocycles. The first-order valence-corrected chi connectivity index (χ1v) is 10.9. The average molecular weight is 411 g/mol. The van der Waals surface area contributed by atoms with Gasteiger partial charge in [-0.2, -0.15) is 5.26 Å². The Hall–Kier alpha value is -2.65. The van der Waals surface area contributed by atoms with Gasteiger partial charge in [0.05, 0.1) is 23.7 Å². The summed E-state index contributed by atoms with van der Waals surface area (Å²) >= 11 is 1.41. The lowest BCUT2D eigenvalue weighted by molar-refractivity contribution is -0.116. The summed E-state index contributed by atoms with van der Waals surface area (Å²) in [6.45, 7) is 4.08. The van der Waals surface area contributed by atoms with Crippen LogP contribution in [-0.2, 0) is 27.8 Å². The molecule has 29 heavy (non-hydrogen) atoms. The quantitative estimate of drug-likeness (QED) is 0.651. The van der Waals surface area contributed by atoms with Crippen molar-refractivity contribution in [3.63, 3.8) is 0 Å². The van der Waals surface area contributed by atoms with Gasteiger partial charge in [0, 0.05) is 17.7 Å². The Bertz CT molecular complexity index is 930. The van der Waals surface area contributed by atoms with Crippen molar-refractivity contribution in [3.05, 3.63) is 51.9 Å². The SMILES string of the molecule is CCCCC(=O)Nc1sc2c(c1C(=O)OCC)CCC(C#N)(c1ccccc1)C2. The Morgan fingerprint density at radius 2 is 2.03 bits per heavy atom. The molecule has 1 atom stereocenters. The first kappa shape index (κ1) is 21.1. The molecule has 0 spiro atoms. The van der Waals surface area contributed by atoms with Crippen LogP contribution < -0.4 is 5.32 Å². The molecule has 1 heterocycles. The maximum atomic E-state index is 12.7. The van der Waals surface area contributed by atoms with Crippen LogP contribution >= 0.6 is 11.3 Å². The fourth-order valence-electron chi connectivity index (χ4n) is 3.82. The number of amides is 1. The van der Waals surface area contributed by atoms with Gasteiger partial charge < -0.3 is 10.1 Å². The number of fused-ring (bicyclic) bond motifs is 1. The number of hydrogen-bond acceptors (Lipinski definition) is 5. The van der Waals surface area contributed by atoms with Gasteiger partial charge >= 0.3 is 5.97 Å². The van der Waals surface area contributed by atoms with Crippen LogP contribution in [0.4, 0.5) is 5.00 Å². The van der Waals surface area contributed by atoms with Crippen molar-refractivity contribution < 1.29 is 14.3 Å².